The van der Waals surface area contributed by atoms with Crippen LogP contribution in [0.15, 0.2) is 48.5 Å². The number of nitrogens with zero attached hydrogens (tertiary/aromatic N) is 1. The molecule has 1 aliphatic rings. The van der Waals surface area contributed by atoms with Gasteiger partial charge >= 0.3 is 5.97 Å². The minimum atomic E-state index is -0.968. The third-order valence-electron chi connectivity index (χ3n) is 4.47. The molecule has 1 heterocycles. The number of rotatable bonds is 5. The Bertz CT molecular complexity index is 791. The number of aromatic carboxylic acids is 1. The minimum Gasteiger partial charge on any atom is -0.478 e. The Balaban J connectivity index is 1.56. The van der Waals surface area contributed by atoms with E-state index in [-0.39, 0.29) is 23.4 Å². The summed E-state index contributed by atoms with van der Waals surface area (Å²) in [6.07, 6.45) is 0.557. The summed E-state index contributed by atoms with van der Waals surface area (Å²) in [7, 11) is 0. The fourth-order valence-electron chi connectivity index (χ4n) is 3.01. The van der Waals surface area contributed by atoms with E-state index < -0.39 is 5.97 Å². The van der Waals surface area contributed by atoms with Crippen molar-refractivity contribution in [1.29, 1.82) is 0 Å². The standard InChI is InChI=1S/C20H20FNO4/c21-17-3-1-2-16(12-17)18-13-22(10-11-26-18)19(23)9-6-14-4-7-15(8-5-14)20(24)25/h1-5,7-8,12,18H,6,9-11,13H2,(H,24,25)/t18-/m0/s1. The van der Waals surface area contributed by atoms with Gasteiger partial charge in [0, 0.05) is 13.0 Å². The van der Waals surface area contributed by atoms with Gasteiger partial charge in [-0.25, -0.2) is 9.18 Å². The molecule has 26 heavy (non-hydrogen) atoms. The molecule has 1 fully saturated rings. The van der Waals surface area contributed by atoms with Gasteiger partial charge in [0.25, 0.3) is 0 Å². The molecule has 2 aromatic rings. The number of hydrogen-bond donors (Lipinski definition) is 1. The van der Waals surface area contributed by atoms with Crippen molar-refractivity contribution in [2.24, 2.45) is 0 Å². The van der Waals surface area contributed by atoms with Crippen LogP contribution in [0.1, 0.15) is 34.0 Å². The summed E-state index contributed by atoms with van der Waals surface area (Å²) in [5, 5.41) is 8.90. The van der Waals surface area contributed by atoms with Crippen LogP contribution in [0.4, 0.5) is 4.39 Å². The van der Waals surface area contributed by atoms with E-state index in [4.69, 9.17) is 9.84 Å². The molecule has 0 bridgehead atoms. The van der Waals surface area contributed by atoms with Gasteiger partial charge in [-0.15, -0.1) is 0 Å². The van der Waals surface area contributed by atoms with Crippen LogP contribution in [-0.2, 0) is 16.0 Å². The molecule has 0 unspecified atom stereocenters. The lowest BCUT2D eigenvalue weighted by atomic mass is 10.1. The number of morpholine rings is 1. The van der Waals surface area contributed by atoms with Gasteiger partial charge in [0.2, 0.25) is 5.91 Å². The molecule has 1 saturated heterocycles. The minimum absolute atomic E-state index is 0.0111. The summed E-state index contributed by atoms with van der Waals surface area (Å²) < 4.78 is 19.1. The monoisotopic (exact) mass is 357 g/mol. The molecule has 136 valence electrons. The van der Waals surface area contributed by atoms with E-state index in [9.17, 15) is 14.0 Å². The van der Waals surface area contributed by atoms with E-state index >= 15 is 0 Å². The van der Waals surface area contributed by atoms with Gasteiger partial charge in [-0.1, -0.05) is 24.3 Å². The van der Waals surface area contributed by atoms with Crippen molar-refractivity contribution in [3.05, 3.63) is 71.0 Å². The predicted octanol–water partition coefficient (Wildman–Crippen LogP) is 3.06. The fraction of sp³-hybridized carbons (Fsp3) is 0.300. The molecule has 3 rings (SSSR count). The van der Waals surface area contributed by atoms with Crippen molar-refractivity contribution in [2.75, 3.05) is 19.7 Å². The first-order valence-corrected chi connectivity index (χ1v) is 8.50. The average molecular weight is 357 g/mol. The van der Waals surface area contributed by atoms with Gasteiger partial charge in [-0.2, -0.15) is 0 Å². The molecule has 2 aromatic carbocycles. The first-order valence-electron chi connectivity index (χ1n) is 8.50. The predicted molar refractivity (Wildman–Crippen MR) is 93.4 cm³/mol. The topological polar surface area (TPSA) is 66.8 Å². The molecule has 0 saturated carbocycles. The molecule has 0 aliphatic carbocycles. The van der Waals surface area contributed by atoms with E-state index in [1.54, 1.807) is 29.2 Å². The van der Waals surface area contributed by atoms with E-state index in [1.807, 2.05) is 0 Å². The zero-order valence-corrected chi connectivity index (χ0v) is 14.2. The average Bonchev–Trinajstić information content (AvgIpc) is 2.66. The Hall–Kier alpha value is -2.73. The summed E-state index contributed by atoms with van der Waals surface area (Å²) in [5.41, 5.74) is 1.87. The van der Waals surface area contributed by atoms with E-state index in [1.165, 1.54) is 24.3 Å². The highest BCUT2D eigenvalue weighted by molar-refractivity contribution is 5.87. The molecular formula is C20H20FNO4. The molecule has 1 aliphatic heterocycles. The highest BCUT2D eigenvalue weighted by Gasteiger charge is 2.25. The SMILES string of the molecule is O=C(O)c1ccc(CCC(=O)N2CCO[C@H](c3cccc(F)c3)C2)cc1. The number of benzene rings is 2. The number of halogens is 1. The van der Waals surface area contributed by atoms with Gasteiger partial charge in [0.1, 0.15) is 11.9 Å². The van der Waals surface area contributed by atoms with E-state index in [2.05, 4.69) is 0 Å². The number of hydrogen-bond acceptors (Lipinski definition) is 3. The number of aryl methyl sites for hydroxylation is 1. The molecule has 5 nitrogen and oxygen atoms in total. The van der Waals surface area contributed by atoms with Crippen molar-refractivity contribution in [3.63, 3.8) is 0 Å². The number of carbonyl (C=O) groups is 2. The number of carbonyl (C=O) groups excluding carboxylic acids is 1. The number of ether oxygens (including phenoxy) is 1. The van der Waals surface area contributed by atoms with Gasteiger partial charge in [-0.3, -0.25) is 4.79 Å². The number of carboxylic acids is 1. The van der Waals surface area contributed by atoms with Crippen LogP contribution in [0.2, 0.25) is 0 Å². The molecule has 1 atom stereocenters. The second kappa shape index (κ2) is 8.10. The van der Waals surface area contributed by atoms with Gasteiger partial charge in [0.15, 0.2) is 0 Å². The Morgan fingerprint density at radius 2 is 1.96 bits per heavy atom. The van der Waals surface area contributed by atoms with Gasteiger partial charge < -0.3 is 14.7 Å². The molecular weight excluding hydrogens is 337 g/mol. The number of carboxylic acid groups (broad SMARTS) is 1. The quantitative estimate of drug-likeness (QED) is 0.893. The maximum atomic E-state index is 13.4. The molecule has 1 N–H and O–H groups in total. The third kappa shape index (κ3) is 4.46. The lowest BCUT2D eigenvalue weighted by Gasteiger charge is -2.33. The van der Waals surface area contributed by atoms with Crippen LogP contribution in [0.25, 0.3) is 0 Å². The smallest absolute Gasteiger partial charge is 0.335 e. The van der Waals surface area contributed by atoms with Crippen molar-refractivity contribution in [2.45, 2.75) is 18.9 Å². The molecule has 0 radical (unpaired) electrons. The highest BCUT2D eigenvalue weighted by Crippen LogP contribution is 2.23. The molecule has 0 spiro atoms. The fourth-order valence-corrected chi connectivity index (χ4v) is 3.01. The van der Waals surface area contributed by atoms with Crippen molar-refractivity contribution >= 4 is 11.9 Å². The summed E-state index contributed by atoms with van der Waals surface area (Å²) in [6.45, 7) is 1.34. The Kier molecular flexibility index (Phi) is 5.63. The Labute approximate surface area is 151 Å². The zero-order chi connectivity index (χ0) is 18.5. The van der Waals surface area contributed by atoms with Gasteiger partial charge in [0.05, 0.1) is 18.7 Å². The van der Waals surface area contributed by atoms with Crippen LogP contribution in [0, 0.1) is 5.82 Å². The third-order valence-corrected chi connectivity index (χ3v) is 4.47. The van der Waals surface area contributed by atoms with E-state index in [0.717, 1.165) is 11.1 Å². The van der Waals surface area contributed by atoms with Crippen molar-refractivity contribution < 1.29 is 23.8 Å². The highest BCUT2D eigenvalue weighted by atomic mass is 19.1. The van der Waals surface area contributed by atoms with Gasteiger partial charge in [-0.05, 0) is 41.8 Å². The van der Waals surface area contributed by atoms with Crippen LogP contribution in [0.3, 0.4) is 0 Å². The lowest BCUT2D eigenvalue weighted by Crippen LogP contribution is -2.42. The Morgan fingerprint density at radius 1 is 1.19 bits per heavy atom. The van der Waals surface area contributed by atoms with Crippen molar-refractivity contribution in [3.8, 4) is 0 Å². The van der Waals surface area contributed by atoms with E-state index in [0.29, 0.717) is 32.5 Å². The zero-order valence-electron chi connectivity index (χ0n) is 14.2. The largest absolute Gasteiger partial charge is 0.478 e. The Morgan fingerprint density at radius 3 is 2.65 bits per heavy atom. The molecule has 6 heteroatoms. The summed E-state index contributed by atoms with van der Waals surface area (Å²) >= 11 is 0. The number of amides is 1. The maximum absolute atomic E-state index is 13.4. The summed E-state index contributed by atoms with van der Waals surface area (Å²) in [6, 6.07) is 12.8. The normalized spacial score (nSPS) is 17.1. The van der Waals surface area contributed by atoms with Crippen LogP contribution < -0.4 is 0 Å². The second-order valence-electron chi connectivity index (χ2n) is 6.26. The first kappa shape index (κ1) is 18.1. The lowest BCUT2D eigenvalue weighted by molar-refractivity contribution is -0.139. The first-order chi connectivity index (χ1) is 12.5. The maximum Gasteiger partial charge on any atom is 0.335 e. The second-order valence-corrected chi connectivity index (χ2v) is 6.26. The van der Waals surface area contributed by atoms with Crippen molar-refractivity contribution in [1.82, 2.24) is 4.90 Å². The van der Waals surface area contributed by atoms with Crippen LogP contribution >= 0.6 is 0 Å². The summed E-state index contributed by atoms with van der Waals surface area (Å²) in [5.74, 6) is -1.28. The molecule has 0 aromatic heterocycles. The summed E-state index contributed by atoms with van der Waals surface area (Å²) in [4.78, 5) is 25.1. The van der Waals surface area contributed by atoms with Crippen LogP contribution in [-0.4, -0.2) is 41.6 Å². The molecule has 1 amide bonds. The van der Waals surface area contributed by atoms with Crippen LogP contribution in [0.5, 0.6) is 0 Å².